The van der Waals surface area contributed by atoms with E-state index in [-0.39, 0.29) is 18.4 Å². The van der Waals surface area contributed by atoms with Gasteiger partial charge in [-0.2, -0.15) is 0 Å². The van der Waals surface area contributed by atoms with Crippen LogP contribution in [0.4, 0.5) is 5.69 Å². The standard InChI is InChI=1S/C27H28N4O4/c1-18-8-11-20(12-9-18)35-17-26(32)29-19-10-13-23-22(16-19)30-25(31(23)2)14-15-28-27(33)21-6-4-5-7-24(21)34-3/h4-13,16H,14-15,17H2,1-3H3,(H,28,33)(H,29,32). The topological polar surface area (TPSA) is 94.5 Å². The number of fused-ring (bicyclic) bond motifs is 1. The van der Waals surface area contributed by atoms with Gasteiger partial charge in [-0.15, -0.1) is 0 Å². The van der Waals surface area contributed by atoms with Crippen LogP contribution in [0.1, 0.15) is 21.7 Å². The second-order valence-corrected chi connectivity index (χ2v) is 8.15. The number of methoxy groups -OCH3 is 1. The van der Waals surface area contributed by atoms with E-state index in [2.05, 4.69) is 15.6 Å². The minimum atomic E-state index is -0.250. The van der Waals surface area contributed by atoms with Gasteiger partial charge in [0.1, 0.15) is 17.3 Å². The molecule has 1 heterocycles. The minimum Gasteiger partial charge on any atom is -0.496 e. The third-order valence-corrected chi connectivity index (χ3v) is 5.63. The van der Waals surface area contributed by atoms with Gasteiger partial charge >= 0.3 is 0 Å². The van der Waals surface area contributed by atoms with Gasteiger partial charge in [0.15, 0.2) is 6.61 Å². The highest BCUT2D eigenvalue weighted by molar-refractivity contribution is 5.97. The van der Waals surface area contributed by atoms with Gasteiger partial charge in [0.2, 0.25) is 0 Å². The molecule has 2 amide bonds. The number of aryl methyl sites for hydroxylation is 2. The zero-order valence-electron chi connectivity index (χ0n) is 20.0. The summed E-state index contributed by atoms with van der Waals surface area (Å²) in [6.45, 7) is 2.34. The predicted molar refractivity (Wildman–Crippen MR) is 135 cm³/mol. The molecule has 0 bridgehead atoms. The van der Waals surface area contributed by atoms with E-state index in [0.29, 0.717) is 35.7 Å². The summed E-state index contributed by atoms with van der Waals surface area (Å²) in [7, 11) is 3.47. The molecule has 0 fully saturated rings. The first-order valence-electron chi connectivity index (χ1n) is 11.3. The summed E-state index contributed by atoms with van der Waals surface area (Å²) >= 11 is 0. The number of hydrogen-bond donors (Lipinski definition) is 2. The molecule has 0 radical (unpaired) electrons. The lowest BCUT2D eigenvalue weighted by molar-refractivity contribution is -0.118. The second kappa shape index (κ2) is 10.7. The van der Waals surface area contributed by atoms with E-state index in [0.717, 1.165) is 22.4 Å². The van der Waals surface area contributed by atoms with Crippen LogP contribution in [0.5, 0.6) is 11.5 Å². The summed E-state index contributed by atoms with van der Waals surface area (Å²) in [6, 6.07) is 20.2. The number of aromatic nitrogens is 2. The molecular weight excluding hydrogens is 444 g/mol. The lowest BCUT2D eigenvalue weighted by Crippen LogP contribution is -2.26. The first kappa shape index (κ1) is 23.8. The van der Waals surface area contributed by atoms with Crippen LogP contribution in [0.3, 0.4) is 0 Å². The van der Waals surface area contributed by atoms with Crippen molar-refractivity contribution in [1.82, 2.24) is 14.9 Å². The maximum atomic E-state index is 12.5. The van der Waals surface area contributed by atoms with Crippen molar-refractivity contribution in [2.24, 2.45) is 7.05 Å². The fraction of sp³-hybridized carbons (Fsp3) is 0.222. The summed E-state index contributed by atoms with van der Waals surface area (Å²) < 4.78 is 12.8. The summed E-state index contributed by atoms with van der Waals surface area (Å²) in [5.41, 5.74) is 3.96. The van der Waals surface area contributed by atoms with Crippen LogP contribution in [-0.4, -0.2) is 41.6 Å². The number of anilines is 1. The van der Waals surface area contributed by atoms with E-state index in [1.165, 1.54) is 0 Å². The molecule has 2 N–H and O–H groups in total. The third kappa shape index (κ3) is 5.78. The van der Waals surface area contributed by atoms with Gasteiger partial charge in [0.05, 0.1) is 23.7 Å². The van der Waals surface area contributed by atoms with Crippen molar-refractivity contribution in [1.29, 1.82) is 0 Å². The van der Waals surface area contributed by atoms with E-state index in [4.69, 9.17) is 9.47 Å². The Morgan fingerprint density at radius 3 is 2.57 bits per heavy atom. The van der Waals surface area contributed by atoms with Gasteiger partial charge in [0.25, 0.3) is 11.8 Å². The summed E-state index contributed by atoms with van der Waals surface area (Å²) in [6.07, 6.45) is 0.554. The maximum Gasteiger partial charge on any atom is 0.262 e. The highest BCUT2D eigenvalue weighted by Gasteiger charge is 2.13. The Labute approximate surface area is 203 Å². The van der Waals surface area contributed by atoms with Crippen molar-refractivity contribution in [2.75, 3.05) is 25.6 Å². The second-order valence-electron chi connectivity index (χ2n) is 8.15. The number of para-hydroxylation sites is 1. The molecular formula is C27H28N4O4. The van der Waals surface area contributed by atoms with Crippen molar-refractivity contribution < 1.29 is 19.1 Å². The molecule has 0 aliphatic carbocycles. The summed E-state index contributed by atoms with van der Waals surface area (Å²) in [5, 5.41) is 5.77. The zero-order chi connectivity index (χ0) is 24.8. The number of carbonyl (C=O) groups is 2. The quantitative estimate of drug-likeness (QED) is 0.386. The number of nitrogens with one attached hydrogen (secondary N) is 2. The molecule has 0 spiro atoms. The predicted octanol–water partition coefficient (Wildman–Crippen LogP) is 3.88. The Hall–Kier alpha value is -4.33. The molecule has 0 aliphatic heterocycles. The monoisotopic (exact) mass is 472 g/mol. The lowest BCUT2D eigenvalue weighted by Gasteiger charge is -2.09. The maximum absolute atomic E-state index is 12.5. The molecule has 0 saturated carbocycles. The Bertz CT molecular complexity index is 1350. The van der Waals surface area contributed by atoms with Crippen molar-refractivity contribution in [3.05, 3.63) is 83.7 Å². The van der Waals surface area contributed by atoms with Gasteiger partial charge in [-0.25, -0.2) is 4.98 Å². The van der Waals surface area contributed by atoms with Gasteiger partial charge in [-0.3, -0.25) is 9.59 Å². The molecule has 0 atom stereocenters. The van der Waals surface area contributed by atoms with Crippen LogP contribution in [0, 0.1) is 6.92 Å². The Kier molecular flexibility index (Phi) is 7.30. The zero-order valence-corrected chi connectivity index (χ0v) is 20.0. The highest BCUT2D eigenvalue weighted by atomic mass is 16.5. The molecule has 0 unspecified atom stereocenters. The summed E-state index contributed by atoms with van der Waals surface area (Å²) in [5.74, 6) is 1.56. The van der Waals surface area contributed by atoms with Gasteiger partial charge in [-0.05, 0) is 49.4 Å². The van der Waals surface area contributed by atoms with E-state index < -0.39 is 0 Å². The average molecular weight is 473 g/mol. The number of nitrogens with zero attached hydrogens (tertiary/aromatic N) is 2. The third-order valence-electron chi connectivity index (χ3n) is 5.63. The number of carbonyl (C=O) groups excluding carboxylic acids is 2. The Morgan fingerprint density at radius 2 is 1.80 bits per heavy atom. The lowest BCUT2D eigenvalue weighted by atomic mass is 10.2. The van der Waals surface area contributed by atoms with E-state index in [9.17, 15) is 9.59 Å². The molecule has 4 aromatic rings. The number of imidazole rings is 1. The number of amides is 2. The average Bonchev–Trinajstić information content (AvgIpc) is 3.18. The van der Waals surface area contributed by atoms with Crippen molar-refractivity contribution in [2.45, 2.75) is 13.3 Å². The molecule has 4 rings (SSSR count). The van der Waals surface area contributed by atoms with E-state index in [1.54, 1.807) is 25.3 Å². The fourth-order valence-electron chi connectivity index (χ4n) is 3.75. The van der Waals surface area contributed by atoms with Gasteiger partial charge in [-0.1, -0.05) is 29.8 Å². The van der Waals surface area contributed by atoms with Crippen molar-refractivity contribution in [3.8, 4) is 11.5 Å². The number of rotatable bonds is 9. The number of benzene rings is 3. The normalized spacial score (nSPS) is 10.7. The van der Waals surface area contributed by atoms with Crippen LogP contribution in [0.15, 0.2) is 66.7 Å². The van der Waals surface area contributed by atoms with Crippen LogP contribution < -0.4 is 20.1 Å². The van der Waals surface area contributed by atoms with Crippen LogP contribution in [0.2, 0.25) is 0 Å². The molecule has 35 heavy (non-hydrogen) atoms. The minimum absolute atomic E-state index is 0.0829. The fourth-order valence-corrected chi connectivity index (χ4v) is 3.75. The smallest absolute Gasteiger partial charge is 0.262 e. The van der Waals surface area contributed by atoms with Crippen molar-refractivity contribution >= 4 is 28.5 Å². The molecule has 0 saturated heterocycles. The Balaban J connectivity index is 1.35. The van der Waals surface area contributed by atoms with E-state index in [1.807, 2.05) is 67.1 Å². The van der Waals surface area contributed by atoms with Crippen LogP contribution in [-0.2, 0) is 18.3 Å². The Morgan fingerprint density at radius 1 is 1.03 bits per heavy atom. The molecule has 180 valence electrons. The molecule has 0 aliphatic rings. The largest absolute Gasteiger partial charge is 0.496 e. The summed E-state index contributed by atoms with van der Waals surface area (Å²) in [4.78, 5) is 29.5. The first-order valence-corrected chi connectivity index (χ1v) is 11.3. The number of ether oxygens (including phenoxy) is 2. The molecule has 3 aromatic carbocycles. The van der Waals surface area contributed by atoms with Crippen molar-refractivity contribution in [3.63, 3.8) is 0 Å². The first-order chi connectivity index (χ1) is 16.9. The van der Waals surface area contributed by atoms with Gasteiger partial charge in [0, 0.05) is 25.7 Å². The highest BCUT2D eigenvalue weighted by Crippen LogP contribution is 2.21. The molecule has 8 nitrogen and oxygen atoms in total. The van der Waals surface area contributed by atoms with E-state index >= 15 is 0 Å². The number of hydrogen-bond acceptors (Lipinski definition) is 5. The molecule has 1 aromatic heterocycles. The van der Waals surface area contributed by atoms with Gasteiger partial charge < -0.3 is 24.7 Å². The van der Waals surface area contributed by atoms with Crippen LogP contribution in [0.25, 0.3) is 11.0 Å². The molecule has 8 heteroatoms. The SMILES string of the molecule is COc1ccccc1C(=O)NCCc1nc2cc(NC(=O)COc3ccc(C)cc3)ccc2n1C. The van der Waals surface area contributed by atoms with Crippen LogP contribution >= 0.6 is 0 Å².